The molecule has 0 heterocycles. The smallest absolute Gasteiger partial charge is 0.0945 e. The van der Waals surface area contributed by atoms with Crippen LogP contribution in [0.5, 0.6) is 0 Å². The van der Waals surface area contributed by atoms with Crippen LogP contribution in [0.25, 0.3) is 0 Å². The lowest BCUT2D eigenvalue weighted by molar-refractivity contribution is -0.484. The van der Waals surface area contributed by atoms with Crippen LogP contribution in [0.3, 0.4) is 0 Å². The molecule has 0 aliphatic carbocycles. The third-order valence-electron chi connectivity index (χ3n) is 6.72. The molecule has 0 unspecified atom stereocenters. The first kappa shape index (κ1) is 39.1. The summed E-state index contributed by atoms with van der Waals surface area (Å²) in [6, 6.07) is 0. The number of carbonyl (C=O) groups excluding carboxylic acids is 2. The Bertz CT molecular complexity index is 445. The van der Waals surface area contributed by atoms with Crippen LogP contribution in [-0.4, -0.2) is 23.0 Å². The second-order valence-electron chi connectivity index (χ2n) is 10.6. The molecule has 0 aromatic heterocycles. The van der Waals surface area contributed by atoms with Crippen LogP contribution < -0.4 is 21.7 Å². The number of rotatable bonds is 20. The minimum Gasteiger partial charge on any atom is -0.545 e. The van der Waals surface area contributed by atoms with Gasteiger partial charge in [-0.3, -0.25) is 0 Å². The Morgan fingerprint density at radius 1 is 0.500 bits per heavy atom. The summed E-state index contributed by atoms with van der Waals surface area (Å²) in [7, 11) is 0. The fourth-order valence-corrected chi connectivity index (χ4v) is 4.20. The molecule has 0 aliphatic heterocycles. The van der Waals surface area contributed by atoms with Crippen molar-refractivity contribution in [1.82, 2.24) is 0 Å². The van der Waals surface area contributed by atoms with Gasteiger partial charge in [0.1, 0.15) is 0 Å². The molecule has 0 aromatic rings. The average Bonchev–Trinajstić information content (AvgIpc) is 2.86. The molecule has 0 fully saturated rings. The molecule has 6 nitrogen and oxygen atoms in total. The molecule has 0 amide bonds. The van der Waals surface area contributed by atoms with Crippen molar-refractivity contribution in [3.8, 4) is 0 Å². The molecule has 0 aliphatic rings. The topological polar surface area (TPSA) is 136 Å². The number of carboxylic acids is 2. The molecule has 0 atom stereocenters. The standard InChI is InChI=1S/2C13H29N.C4H4O4/c2*1-4-7-10-13(14,11-8-5-2)12-9-6-3;5-3(6)1-2-4(7)8/h2*4-12,14H2,1-3H3;1-2H,(H,5,6)(H,7,8)/b;;2-1+. The van der Waals surface area contributed by atoms with Crippen molar-refractivity contribution in [1.29, 1.82) is 0 Å². The number of unbranched alkanes of at least 4 members (excludes halogenated alkanes) is 6. The molecular formula is C30H62N2O4. The molecule has 0 radical (unpaired) electrons. The second-order valence-corrected chi connectivity index (χ2v) is 10.6. The number of carboxylic acid groups (broad SMARTS) is 2. The summed E-state index contributed by atoms with van der Waals surface area (Å²) in [5.41, 5.74) is 9.77. The normalized spacial score (nSPS) is 11.4. The number of hydrogen-bond donors (Lipinski definition) is 2. The summed E-state index contributed by atoms with van der Waals surface area (Å²) in [5, 5.41) is 18.8. The Hall–Kier alpha value is -1.40. The van der Waals surface area contributed by atoms with Gasteiger partial charge in [-0.1, -0.05) is 80.1 Å². The van der Waals surface area contributed by atoms with Crippen molar-refractivity contribution >= 4 is 11.9 Å². The van der Waals surface area contributed by atoms with E-state index in [0.717, 1.165) is 0 Å². The second kappa shape index (κ2) is 26.7. The summed E-state index contributed by atoms with van der Waals surface area (Å²) in [6.07, 6.45) is 24.8. The molecule has 0 saturated heterocycles. The highest BCUT2D eigenvalue weighted by Gasteiger charge is 2.27. The van der Waals surface area contributed by atoms with Gasteiger partial charge in [-0.2, -0.15) is 0 Å². The maximum atomic E-state index is 9.41. The lowest BCUT2D eigenvalue weighted by Crippen LogP contribution is -2.72. The predicted octanol–water partition coefficient (Wildman–Crippen LogP) is 4.12. The molecule has 0 spiro atoms. The fourth-order valence-electron chi connectivity index (χ4n) is 4.20. The summed E-state index contributed by atoms with van der Waals surface area (Å²) in [4.78, 5) is 18.8. The van der Waals surface area contributed by atoms with E-state index in [1.54, 1.807) is 0 Å². The highest BCUT2D eigenvalue weighted by Crippen LogP contribution is 2.23. The van der Waals surface area contributed by atoms with Gasteiger partial charge in [-0.25, -0.2) is 0 Å². The summed E-state index contributed by atoms with van der Waals surface area (Å²) in [6.45, 7) is 13.7. The van der Waals surface area contributed by atoms with Gasteiger partial charge in [0.15, 0.2) is 0 Å². The fraction of sp³-hybridized carbons (Fsp3) is 0.867. The number of hydrogen-bond acceptors (Lipinski definition) is 4. The highest BCUT2D eigenvalue weighted by molar-refractivity contribution is 5.87. The van der Waals surface area contributed by atoms with Crippen LogP contribution in [0.2, 0.25) is 0 Å². The van der Waals surface area contributed by atoms with E-state index < -0.39 is 11.9 Å². The van der Waals surface area contributed by atoms with E-state index in [9.17, 15) is 19.8 Å². The van der Waals surface area contributed by atoms with Crippen LogP contribution in [-0.2, 0) is 9.59 Å². The molecule has 0 bridgehead atoms. The largest absolute Gasteiger partial charge is 0.545 e. The first-order chi connectivity index (χ1) is 17.0. The van der Waals surface area contributed by atoms with Crippen molar-refractivity contribution in [2.75, 3.05) is 0 Å². The van der Waals surface area contributed by atoms with Gasteiger partial charge in [0.2, 0.25) is 0 Å². The van der Waals surface area contributed by atoms with Gasteiger partial charge >= 0.3 is 0 Å². The van der Waals surface area contributed by atoms with E-state index in [-0.39, 0.29) is 0 Å². The van der Waals surface area contributed by atoms with Gasteiger partial charge in [0.25, 0.3) is 0 Å². The lowest BCUT2D eigenvalue weighted by Gasteiger charge is -2.25. The van der Waals surface area contributed by atoms with Crippen LogP contribution in [0.15, 0.2) is 12.2 Å². The first-order valence-electron chi connectivity index (χ1n) is 14.8. The SMILES string of the molecule is CCCCC([NH3+])(CCCC)CCCC.CCCCC([NH3+])(CCCC)CCCC.O=C([O-])/C=C/C(=O)[O-]. The average molecular weight is 515 g/mol. The Morgan fingerprint density at radius 3 is 0.778 bits per heavy atom. The number of quaternary nitrogens is 2. The van der Waals surface area contributed by atoms with Crippen LogP contribution in [0.4, 0.5) is 0 Å². The quantitative estimate of drug-likeness (QED) is 0.236. The van der Waals surface area contributed by atoms with E-state index in [1.165, 1.54) is 116 Å². The number of carbonyl (C=O) groups is 2. The molecule has 216 valence electrons. The van der Waals surface area contributed by atoms with E-state index in [0.29, 0.717) is 23.2 Å². The first-order valence-corrected chi connectivity index (χ1v) is 14.8. The monoisotopic (exact) mass is 514 g/mol. The van der Waals surface area contributed by atoms with Crippen molar-refractivity contribution in [2.45, 2.75) is 168 Å². The van der Waals surface area contributed by atoms with Crippen molar-refractivity contribution in [3.63, 3.8) is 0 Å². The third-order valence-corrected chi connectivity index (χ3v) is 6.72. The van der Waals surface area contributed by atoms with Crippen LogP contribution >= 0.6 is 0 Å². The highest BCUT2D eigenvalue weighted by atomic mass is 16.4. The lowest BCUT2D eigenvalue weighted by atomic mass is 9.84. The molecule has 6 heteroatoms. The van der Waals surface area contributed by atoms with Gasteiger partial charge in [-0.05, 0) is 50.7 Å². The van der Waals surface area contributed by atoms with Gasteiger partial charge in [0, 0.05) is 38.5 Å². The van der Waals surface area contributed by atoms with Crippen molar-refractivity contribution < 1.29 is 31.3 Å². The molecule has 0 aromatic carbocycles. The molecular weight excluding hydrogens is 452 g/mol. The summed E-state index contributed by atoms with van der Waals surface area (Å²) >= 11 is 0. The molecule has 0 rings (SSSR count). The third kappa shape index (κ3) is 28.8. The maximum Gasteiger partial charge on any atom is 0.0945 e. The van der Waals surface area contributed by atoms with Crippen LogP contribution in [0.1, 0.15) is 157 Å². The van der Waals surface area contributed by atoms with E-state index in [2.05, 4.69) is 53.0 Å². The van der Waals surface area contributed by atoms with E-state index in [1.807, 2.05) is 0 Å². The molecule has 36 heavy (non-hydrogen) atoms. The maximum absolute atomic E-state index is 9.41. The predicted molar refractivity (Wildman–Crippen MR) is 148 cm³/mol. The minimum absolute atomic E-state index is 0.384. The van der Waals surface area contributed by atoms with Crippen molar-refractivity contribution in [3.05, 3.63) is 12.2 Å². The zero-order chi connectivity index (χ0) is 28.3. The van der Waals surface area contributed by atoms with Crippen LogP contribution in [0, 0.1) is 0 Å². The zero-order valence-electron chi connectivity index (χ0n) is 24.9. The van der Waals surface area contributed by atoms with Gasteiger partial charge in [-0.15, -0.1) is 0 Å². The zero-order valence-corrected chi connectivity index (χ0v) is 24.9. The van der Waals surface area contributed by atoms with E-state index in [4.69, 9.17) is 0 Å². The molecule has 6 N–H and O–H groups in total. The minimum atomic E-state index is -1.55. The van der Waals surface area contributed by atoms with Crippen molar-refractivity contribution in [2.24, 2.45) is 0 Å². The summed E-state index contributed by atoms with van der Waals surface area (Å²) < 4.78 is 0. The van der Waals surface area contributed by atoms with Gasteiger partial charge < -0.3 is 31.3 Å². The Labute approximate surface area is 223 Å². The Balaban J connectivity index is -0.000000472. The summed E-state index contributed by atoms with van der Waals surface area (Å²) in [5.74, 6) is -3.09. The Kier molecular flexibility index (Phi) is 29.0. The molecule has 0 saturated carbocycles. The van der Waals surface area contributed by atoms with Gasteiger partial charge in [0.05, 0.1) is 23.0 Å². The Morgan fingerprint density at radius 2 is 0.667 bits per heavy atom. The van der Waals surface area contributed by atoms with E-state index >= 15 is 0 Å². The number of aliphatic carboxylic acids is 2.